The van der Waals surface area contributed by atoms with Crippen molar-refractivity contribution in [1.82, 2.24) is 24.1 Å². The molecule has 0 saturated carbocycles. The molecule has 154 valence electrons. The van der Waals surface area contributed by atoms with Gasteiger partial charge in [0.2, 0.25) is 0 Å². The first-order valence-corrected chi connectivity index (χ1v) is 9.81. The molecule has 0 aliphatic carbocycles. The minimum absolute atomic E-state index is 0.0742. The van der Waals surface area contributed by atoms with E-state index in [1.807, 2.05) is 13.8 Å². The van der Waals surface area contributed by atoms with E-state index in [-0.39, 0.29) is 13.0 Å². The summed E-state index contributed by atoms with van der Waals surface area (Å²) < 4.78 is 8.60. The van der Waals surface area contributed by atoms with Crippen LogP contribution in [0.5, 0.6) is 0 Å². The number of aromatic amines is 1. The first-order valence-electron chi connectivity index (χ1n) is 9.81. The Labute approximate surface area is 167 Å². The zero-order valence-electron chi connectivity index (χ0n) is 16.7. The number of carbonyl (C=O) groups is 1. The molecule has 3 aromatic heterocycles. The van der Waals surface area contributed by atoms with Gasteiger partial charge >= 0.3 is 11.7 Å². The molecule has 0 amide bonds. The van der Waals surface area contributed by atoms with Crippen molar-refractivity contribution in [2.24, 2.45) is 0 Å². The average Bonchev–Trinajstić information content (AvgIpc) is 3.06. The van der Waals surface area contributed by atoms with Crippen LogP contribution in [-0.4, -0.2) is 30.1 Å². The Morgan fingerprint density at radius 3 is 2.69 bits per heavy atom. The standard InChI is InChI=1S/C20H25N5O4/c1-3-5-10-25-18-17(19(27)23-20(25)28)24(9-4-2)15(22-18)13-29-16(26)11-14-7-6-8-21-12-14/h6-8,12H,3-5,9-11,13H2,1-2H3,(H,23,27,28). The molecule has 0 aromatic carbocycles. The van der Waals surface area contributed by atoms with E-state index in [4.69, 9.17) is 4.74 Å². The van der Waals surface area contributed by atoms with E-state index in [1.165, 1.54) is 4.57 Å². The van der Waals surface area contributed by atoms with Crippen molar-refractivity contribution in [3.05, 3.63) is 56.8 Å². The number of carbonyl (C=O) groups excluding carboxylic acids is 1. The molecular formula is C20H25N5O4. The molecule has 0 radical (unpaired) electrons. The number of fused-ring (bicyclic) bond motifs is 1. The molecule has 0 fully saturated rings. The Morgan fingerprint density at radius 1 is 1.17 bits per heavy atom. The van der Waals surface area contributed by atoms with Crippen molar-refractivity contribution in [2.45, 2.75) is 59.2 Å². The van der Waals surface area contributed by atoms with Gasteiger partial charge in [0.15, 0.2) is 11.2 Å². The topological polar surface area (TPSA) is 112 Å². The number of nitrogens with one attached hydrogen (secondary N) is 1. The highest BCUT2D eigenvalue weighted by Crippen LogP contribution is 2.14. The quantitative estimate of drug-likeness (QED) is 0.549. The minimum atomic E-state index is -0.480. The lowest BCUT2D eigenvalue weighted by Gasteiger charge is -2.08. The second kappa shape index (κ2) is 9.31. The fraction of sp³-hybridized carbons (Fsp3) is 0.450. The van der Waals surface area contributed by atoms with E-state index in [1.54, 1.807) is 29.1 Å². The number of hydrogen-bond donors (Lipinski definition) is 1. The molecule has 29 heavy (non-hydrogen) atoms. The molecule has 9 nitrogen and oxygen atoms in total. The van der Waals surface area contributed by atoms with Gasteiger partial charge in [0, 0.05) is 25.5 Å². The number of hydrogen-bond acceptors (Lipinski definition) is 6. The molecule has 3 aromatic rings. The first-order chi connectivity index (χ1) is 14.0. The summed E-state index contributed by atoms with van der Waals surface area (Å²) in [5, 5.41) is 0. The lowest BCUT2D eigenvalue weighted by molar-refractivity contribution is -0.144. The van der Waals surface area contributed by atoms with E-state index < -0.39 is 17.2 Å². The molecule has 0 aliphatic heterocycles. The fourth-order valence-electron chi connectivity index (χ4n) is 3.18. The molecule has 1 N–H and O–H groups in total. The van der Waals surface area contributed by atoms with Crippen molar-refractivity contribution < 1.29 is 9.53 Å². The van der Waals surface area contributed by atoms with Crippen LogP contribution in [0.15, 0.2) is 34.1 Å². The largest absolute Gasteiger partial charge is 0.457 e. The number of nitrogens with zero attached hydrogens (tertiary/aromatic N) is 4. The second-order valence-corrected chi connectivity index (χ2v) is 6.82. The number of unbranched alkanes of at least 4 members (excludes halogenated alkanes) is 1. The highest BCUT2D eigenvalue weighted by molar-refractivity contribution is 5.73. The molecule has 0 aliphatic rings. The van der Waals surface area contributed by atoms with E-state index >= 15 is 0 Å². The Kier molecular flexibility index (Phi) is 6.58. The Balaban J connectivity index is 1.91. The number of H-pyrrole nitrogens is 1. The van der Waals surface area contributed by atoms with Gasteiger partial charge < -0.3 is 9.30 Å². The Bertz CT molecular complexity index is 1100. The summed E-state index contributed by atoms with van der Waals surface area (Å²) in [6.07, 6.45) is 5.80. The smallest absolute Gasteiger partial charge is 0.330 e. The number of aromatic nitrogens is 5. The predicted molar refractivity (Wildman–Crippen MR) is 108 cm³/mol. The third kappa shape index (κ3) is 4.61. The third-order valence-electron chi connectivity index (χ3n) is 4.58. The number of aryl methyl sites for hydroxylation is 2. The number of ether oxygens (including phenoxy) is 1. The molecule has 9 heteroatoms. The number of esters is 1. The maximum absolute atomic E-state index is 12.5. The van der Waals surface area contributed by atoms with Crippen molar-refractivity contribution in [1.29, 1.82) is 0 Å². The summed E-state index contributed by atoms with van der Waals surface area (Å²) in [6, 6.07) is 3.55. The summed E-state index contributed by atoms with van der Waals surface area (Å²) >= 11 is 0. The van der Waals surface area contributed by atoms with Crippen molar-refractivity contribution >= 4 is 17.1 Å². The van der Waals surface area contributed by atoms with Crippen molar-refractivity contribution in [3.63, 3.8) is 0 Å². The normalized spacial score (nSPS) is 11.1. The van der Waals surface area contributed by atoms with Crippen LogP contribution in [0.4, 0.5) is 0 Å². The second-order valence-electron chi connectivity index (χ2n) is 6.82. The Morgan fingerprint density at radius 2 is 2.00 bits per heavy atom. The van der Waals surface area contributed by atoms with Gasteiger partial charge in [-0.3, -0.25) is 24.1 Å². The SMILES string of the molecule is CCCCn1c(=O)[nH]c(=O)c2c1nc(COC(=O)Cc1cccnc1)n2CCC. The zero-order chi connectivity index (χ0) is 20.8. The summed E-state index contributed by atoms with van der Waals surface area (Å²) in [7, 11) is 0. The molecule has 0 spiro atoms. The lowest BCUT2D eigenvalue weighted by atomic mass is 10.2. The summed E-state index contributed by atoms with van der Waals surface area (Å²) in [5.74, 6) is 0.0353. The molecule has 0 unspecified atom stereocenters. The van der Waals surface area contributed by atoms with Gasteiger partial charge in [0.25, 0.3) is 5.56 Å². The van der Waals surface area contributed by atoms with Gasteiger partial charge in [-0.2, -0.15) is 0 Å². The van der Waals surface area contributed by atoms with Crippen LogP contribution in [0.2, 0.25) is 0 Å². The number of imidazole rings is 1. The number of rotatable bonds is 9. The van der Waals surface area contributed by atoms with Crippen molar-refractivity contribution in [3.8, 4) is 0 Å². The van der Waals surface area contributed by atoms with Crippen LogP contribution in [-0.2, 0) is 35.6 Å². The molecule has 0 bridgehead atoms. The first kappa shape index (κ1) is 20.5. The molecule has 3 rings (SSSR count). The Hall–Kier alpha value is -3.23. The van der Waals surface area contributed by atoms with E-state index in [2.05, 4.69) is 15.0 Å². The highest BCUT2D eigenvalue weighted by atomic mass is 16.5. The van der Waals surface area contributed by atoms with Crippen LogP contribution >= 0.6 is 0 Å². The third-order valence-corrected chi connectivity index (χ3v) is 4.58. The maximum atomic E-state index is 12.5. The zero-order valence-corrected chi connectivity index (χ0v) is 16.7. The molecule has 0 saturated heterocycles. The lowest BCUT2D eigenvalue weighted by Crippen LogP contribution is -2.31. The van der Waals surface area contributed by atoms with Gasteiger partial charge in [-0.15, -0.1) is 0 Å². The highest BCUT2D eigenvalue weighted by Gasteiger charge is 2.19. The van der Waals surface area contributed by atoms with E-state index in [9.17, 15) is 14.4 Å². The predicted octanol–water partition coefficient (Wildman–Crippen LogP) is 1.78. The van der Waals surface area contributed by atoms with E-state index in [0.29, 0.717) is 30.1 Å². The molecule has 3 heterocycles. The number of pyridine rings is 1. The average molecular weight is 399 g/mol. The van der Waals surface area contributed by atoms with Gasteiger partial charge in [0.05, 0.1) is 6.42 Å². The molecule has 0 atom stereocenters. The molecular weight excluding hydrogens is 374 g/mol. The van der Waals surface area contributed by atoms with Gasteiger partial charge in [-0.25, -0.2) is 9.78 Å². The van der Waals surface area contributed by atoms with Gasteiger partial charge in [0.1, 0.15) is 12.4 Å². The van der Waals surface area contributed by atoms with Gasteiger partial charge in [-0.05, 0) is 24.5 Å². The summed E-state index contributed by atoms with van der Waals surface area (Å²) in [4.78, 5) is 47.8. The van der Waals surface area contributed by atoms with Crippen LogP contribution < -0.4 is 11.2 Å². The summed E-state index contributed by atoms with van der Waals surface area (Å²) in [6.45, 7) is 4.92. The van der Waals surface area contributed by atoms with Crippen LogP contribution in [0, 0.1) is 0 Å². The van der Waals surface area contributed by atoms with Crippen LogP contribution in [0.25, 0.3) is 11.2 Å². The fourth-order valence-corrected chi connectivity index (χ4v) is 3.18. The maximum Gasteiger partial charge on any atom is 0.330 e. The monoisotopic (exact) mass is 399 g/mol. The van der Waals surface area contributed by atoms with Gasteiger partial charge in [-0.1, -0.05) is 26.3 Å². The van der Waals surface area contributed by atoms with Crippen molar-refractivity contribution in [2.75, 3.05) is 0 Å². The van der Waals surface area contributed by atoms with E-state index in [0.717, 1.165) is 24.8 Å². The van der Waals surface area contributed by atoms with Crippen LogP contribution in [0.3, 0.4) is 0 Å². The summed E-state index contributed by atoms with van der Waals surface area (Å²) in [5.41, 5.74) is 0.466. The minimum Gasteiger partial charge on any atom is -0.457 e. The van der Waals surface area contributed by atoms with Crippen LogP contribution in [0.1, 0.15) is 44.5 Å².